The Balaban J connectivity index is 1.50. The fourth-order valence-corrected chi connectivity index (χ4v) is 5.77. The molecule has 1 atom stereocenters. The van der Waals surface area contributed by atoms with Gasteiger partial charge in [0.05, 0.1) is 6.54 Å². The summed E-state index contributed by atoms with van der Waals surface area (Å²) in [5.74, 6) is -0.110. The Kier molecular flexibility index (Phi) is 5.64. The predicted molar refractivity (Wildman–Crippen MR) is 128 cm³/mol. The van der Waals surface area contributed by atoms with Crippen molar-refractivity contribution in [1.29, 1.82) is 0 Å². The maximum Gasteiger partial charge on any atom is 0.271 e. The van der Waals surface area contributed by atoms with E-state index in [4.69, 9.17) is 0 Å². The highest BCUT2D eigenvalue weighted by Crippen LogP contribution is 2.34. The number of aromatic nitrogens is 1. The van der Waals surface area contributed by atoms with Crippen LogP contribution >= 0.6 is 11.3 Å². The average Bonchev–Trinajstić information content (AvgIpc) is 3.56. The Hall–Kier alpha value is -2.86. The smallest absolute Gasteiger partial charge is 0.271 e. The number of nitrogens with zero attached hydrogens (tertiary/aromatic N) is 2. The lowest BCUT2D eigenvalue weighted by atomic mass is 9.93. The molecule has 0 saturated heterocycles. The van der Waals surface area contributed by atoms with Crippen molar-refractivity contribution in [3.05, 3.63) is 70.5 Å². The number of benzene rings is 1. The third kappa shape index (κ3) is 3.77. The molecule has 2 aromatic heterocycles. The lowest BCUT2D eigenvalue weighted by molar-refractivity contribution is -0.133. The molecule has 0 bridgehead atoms. The third-order valence-electron chi connectivity index (χ3n) is 6.92. The maximum absolute atomic E-state index is 13.7. The van der Waals surface area contributed by atoms with E-state index in [1.54, 1.807) is 16.2 Å². The average molecular weight is 448 g/mol. The Morgan fingerprint density at radius 2 is 1.81 bits per heavy atom. The van der Waals surface area contributed by atoms with Gasteiger partial charge in [-0.05, 0) is 55.3 Å². The van der Waals surface area contributed by atoms with Crippen molar-refractivity contribution >= 4 is 23.2 Å². The molecule has 1 aromatic carbocycles. The SMILES string of the molecule is C[C@@]1(C(=O)NC2CCCC2)Cn2c(ccc2-c2ccccc2)C(=O)N1CCc1cccs1. The predicted octanol–water partition coefficient (Wildman–Crippen LogP) is 4.73. The minimum absolute atomic E-state index is 0.0395. The van der Waals surface area contributed by atoms with E-state index in [1.807, 2.05) is 60.0 Å². The van der Waals surface area contributed by atoms with Crippen LogP contribution in [-0.4, -0.2) is 39.4 Å². The van der Waals surface area contributed by atoms with Gasteiger partial charge >= 0.3 is 0 Å². The fourth-order valence-electron chi connectivity index (χ4n) is 5.07. The minimum Gasteiger partial charge on any atom is -0.351 e. The van der Waals surface area contributed by atoms with E-state index in [-0.39, 0.29) is 17.9 Å². The maximum atomic E-state index is 13.7. The van der Waals surface area contributed by atoms with Crippen LogP contribution < -0.4 is 5.32 Å². The van der Waals surface area contributed by atoms with E-state index in [1.165, 1.54) is 4.88 Å². The topological polar surface area (TPSA) is 54.3 Å². The Morgan fingerprint density at radius 1 is 1.06 bits per heavy atom. The number of thiophene rings is 1. The van der Waals surface area contributed by atoms with Gasteiger partial charge in [-0.2, -0.15) is 0 Å². The summed E-state index contributed by atoms with van der Waals surface area (Å²) in [5.41, 5.74) is 1.75. The van der Waals surface area contributed by atoms with Crippen LogP contribution in [0.15, 0.2) is 60.0 Å². The first-order valence-electron chi connectivity index (χ1n) is 11.5. The number of amides is 2. The van der Waals surface area contributed by atoms with Gasteiger partial charge in [0.15, 0.2) is 0 Å². The van der Waals surface area contributed by atoms with Crippen LogP contribution in [0.1, 0.15) is 48.0 Å². The van der Waals surface area contributed by atoms with Crippen molar-refractivity contribution in [1.82, 2.24) is 14.8 Å². The van der Waals surface area contributed by atoms with Crippen molar-refractivity contribution < 1.29 is 9.59 Å². The number of hydrogen-bond acceptors (Lipinski definition) is 3. The number of carbonyl (C=O) groups excluding carboxylic acids is 2. The second-order valence-corrected chi connectivity index (χ2v) is 10.1. The van der Waals surface area contributed by atoms with Crippen molar-refractivity contribution in [3.8, 4) is 11.3 Å². The zero-order valence-electron chi connectivity index (χ0n) is 18.4. The molecule has 5 rings (SSSR count). The van der Waals surface area contributed by atoms with Crippen LogP contribution in [0, 0.1) is 0 Å². The van der Waals surface area contributed by atoms with E-state index in [0.29, 0.717) is 18.8 Å². The first-order chi connectivity index (χ1) is 15.6. The molecule has 1 N–H and O–H groups in total. The Bertz CT molecular complexity index is 1100. The second-order valence-electron chi connectivity index (χ2n) is 9.07. The second kappa shape index (κ2) is 8.58. The summed E-state index contributed by atoms with van der Waals surface area (Å²) in [6, 6.07) is 18.3. The lowest BCUT2D eigenvalue weighted by Gasteiger charge is -2.45. The van der Waals surface area contributed by atoms with Gasteiger partial charge in [0.25, 0.3) is 5.91 Å². The van der Waals surface area contributed by atoms with Crippen molar-refractivity contribution in [3.63, 3.8) is 0 Å². The summed E-state index contributed by atoms with van der Waals surface area (Å²) in [7, 11) is 0. The molecule has 3 aromatic rings. The molecule has 0 radical (unpaired) electrons. The van der Waals surface area contributed by atoms with Crippen LogP contribution in [0.3, 0.4) is 0 Å². The summed E-state index contributed by atoms with van der Waals surface area (Å²) >= 11 is 1.69. The molecule has 32 heavy (non-hydrogen) atoms. The van der Waals surface area contributed by atoms with Crippen molar-refractivity contribution in [2.45, 2.75) is 57.2 Å². The summed E-state index contributed by atoms with van der Waals surface area (Å²) in [6.07, 6.45) is 5.11. The first kappa shape index (κ1) is 21.0. The fraction of sp³-hybridized carbons (Fsp3) is 0.385. The number of fused-ring (bicyclic) bond motifs is 1. The molecule has 2 amide bonds. The van der Waals surface area contributed by atoms with E-state index in [0.717, 1.165) is 43.4 Å². The molecule has 0 unspecified atom stereocenters. The van der Waals surface area contributed by atoms with Crippen LogP contribution in [0.4, 0.5) is 0 Å². The summed E-state index contributed by atoms with van der Waals surface area (Å²) in [6.45, 7) is 2.91. The molecule has 1 fully saturated rings. The van der Waals surface area contributed by atoms with E-state index < -0.39 is 5.54 Å². The largest absolute Gasteiger partial charge is 0.351 e. The number of rotatable bonds is 6. The Labute approximate surface area is 193 Å². The monoisotopic (exact) mass is 447 g/mol. The lowest BCUT2D eigenvalue weighted by Crippen LogP contribution is -2.65. The van der Waals surface area contributed by atoms with Crippen LogP contribution in [-0.2, 0) is 17.8 Å². The molecular weight excluding hydrogens is 418 g/mol. The molecule has 166 valence electrons. The van der Waals surface area contributed by atoms with Gasteiger partial charge in [0.1, 0.15) is 11.2 Å². The number of carbonyl (C=O) groups is 2. The van der Waals surface area contributed by atoms with Crippen molar-refractivity contribution in [2.75, 3.05) is 6.54 Å². The van der Waals surface area contributed by atoms with E-state index in [2.05, 4.69) is 16.8 Å². The summed E-state index contributed by atoms with van der Waals surface area (Å²) in [4.78, 5) is 30.4. The number of nitrogens with one attached hydrogen (secondary N) is 1. The zero-order chi connectivity index (χ0) is 22.1. The molecule has 2 aliphatic rings. The highest BCUT2D eigenvalue weighted by atomic mass is 32.1. The summed E-state index contributed by atoms with van der Waals surface area (Å²) < 4.78 is 2.04. The molecular formula is C26H29N3O2S. The highest BCUT2D eigenvalue weighted by Gasteiger charge is 2.48. The minimum atomic E-state index is -0.938. The first-order valence-corrected chi connectivity index (χ1v) is 12.3. The van der Waals surface area contributed by atoms with Gasteiger partial charge in [-0.15, -0.1) is 11.3 Å². The molecule has 6 heteroatoms. The third-order valence-corrected chi connectivity index (χ3v) is 7.85. The molecule has 0 spiro atoms. The van der Waals surface area contributed by atoms with Crippen LogP contribution in [0.2, 0.25) is 0 Å². The Morgan fingerprint density at radius 3 is 2.53 bits per heavy atom. The van der Waals surface area contributed by atoms with E-state index in [9.17, 15) is 9.59 Å². The van der Waals surface area contributed by atoms with Gasteiger partial charge in [-0.1, -0.05) is 49.2 Å². The van der Waals surface area contributed by atoms with Crippen LogP contribution in [0.5, 0.6) is 0 Å². The molecule has 3 heterocycles. The van der Waals surface area contributed by atoms with Gasteiger partial charge in [-0.3, -0.25) is 9.59 Å². The van der Waals surface area contributed by atoms with Gasteiger partial charge < -0.3 is 14.8 Å². The van der Waals surface area contributed by atoms with E-state index >= 15 is 0 Å². The molecule has 1 aliphatic heterocycles. The molecule has 1 saturated carbocycles. The zero-order valence-corrected chi connectivity index (χ0v) is 19.2. The number of hydrogen-bond donors (Lipinski definition) is 1. The quantitative estimate of drug-likeness (QED) is 0.594. The highest BCUT2D eigenvalue weighted by molar-refractivity contribution is 7.09. The van der Waals surface area contributed by atoms with Gasteiger partial charge in [-0.25, -0.2) is 0 Å². The standard InChI is InChI=1S/C26H29N3O2S/c1-26(25(31)27-20-10-5-6-11-20)18-28-22(19-8-3-2-4-9-19)13-14-23(28)24(30)29(26)16-15-21-12-7-17-32-21/h2-4,7-9,12-14,17,20H,5-6,10-11,15-16,18H2,1H3,(H,27,31)/t26-/m0/s1. The normalized spacial score (nSPS) is 21.0. The molecule has 1 aliphatic carbocycles. The molecule has 5 nitrogen and oxygen atoms in total. The van der Waals surface area contributed by atoms with Crippen LogP contribution in [0.25, 0.3) is 11.3 Å². The van der Waals surface area contributed by atoms with Crippen molar-refractivity contribution in [2.24, 2.45) is 0 Å². The van der Waals surface area contributed by atoms with Gasteiger partial charge in [0.2, 0.25) is 5.91 Å². The van der Waals surface area contributed by atoms with Gasteiger partial charge in [0, 0.05) is 23.2 Å². The summed E-state index contributed by atoms with van der Waals surface area (Å²) in [5, 5.41) is 5.32.